The molecule has 0 aliphatic heterocycles. The lowest BCUT2D eigenvalue weighted by molar-refractivity contribution is 1.26. The summed E-state index contributed by atoms with van der Waals surface area (Å²) in [5, 5.41) is 36.2. The Balaban J connectivity index is 1.21. The highest BCUT2D eigenvalue weighted by Gasteiger charge is 2.24. The van der Waals surface area contributed by atoms with Gasteiger partial charge in [-0.25, -0.2) is 4.85 Å². The normalized spacial score (nSPS) is 10.9. The summed E-state index contributed by atoms with van der Waals surface area (Å²) >= 11 is 0. The fraction of sp³-hybridized carbons (Fsp3) is 0.0345. The molecule has 0 amide bonds. The summed E-state index contributed by atoms with van der Waals surface area (Å²) < 4.78 is 0. The molecule has 10 aromatic carbocycles. The Hall–Kier alpha value is -9.20. The van der Waals surface area contributed by atoms with Gasteiger partial charge in [-0.2, -0.15) is 15.8 Å². The highest BCUT2D eigenvalue weighted by Crippen LogP contribution is 2.49. The second-order valence-corrected chi connectivity index (χ2v) is 15.9. The van der Waals surface area contributed by atoms with Gasteiger partial charge in [-0.05, 0) is 142 Å². The van der Waals surface area contributed by atoms with Crippen LogP contribution in [0.15, 0.2) is 182 Å². The van der Waals surface area contributed by atoms with Crippen molar-refractivity contribution in [2.45, 2.75) is 13.8 Å². The van der Waals surface area contributed by atoms with Crippen LogP contribution >= 0.6 is 0 Å². The van der Waals surface area contributed by atoms with Crippen LogP contribution in [-0.4, -0.2) is 0 Å². The molecular weight excluding hydrogens is 781 g/mol. The summed E-state index contributed by atoms with van der Waals surface area (Å²) in [4.78, 5) is 8.11. The zero-order valence-corrected chi connectivity index (χ0v) is 35.0. The fourth-order valence-electron chi connectivity index (χ4n) is 8.93. The van der Waals surface area contributed by atoms with Crippen molar-refractivity contribution < 1.29 is 0 Å². The molecule has 0 saturated heterocycles. The van der Waals surface area contributed by atoms with Crippen LogP contribution in [0.2, 0.25) is 0 Å². The van der Waals surface area contributed by atoms with Crippen molar-refractivity contribution in [1.29, 1.82) is 15.8 Å². The van der Waals surface area contributed by atoms with Crippen LogP contribution in [0, 0.1) is 54.4 Å². The van der Waals surface area contributed by atoms with Crippen LogP contribution in [0.5, 0.6) is 0 Å². The van der Waals surface area contributed by atoms with Crippen molar-refractivity contribution in [3.63, 3.8) is 0 Å². The van der Waals surface area contributed by atoms with E-state index in [2.05, 4.69) is 138 Å². The van der Waals surface area contributed by atoms with Gasteiger partial charge in [0.2, 0.25) is 0 Å². The van der Waals surface area contributed by atoms with Crippen molar-refractivity contribution in [2.75, 3.05) is 9.80 Å². The molecule has 298 valence electrons. The third kappa shape index (κ3) is 6.76. The van der Waals surface area contributed by atoms with E-state index >= 15 is 0 Å². The molecule has 0 aliphatic rings. The third-order valence-corrected chi connectivity index (χ3v) is 12.1. The second kappa shape index (κ2) is 16.0. The molecule has 0 spiro atoms. The summed E-state index contributed by atoms with van der Waals surface area (Å²) in [6.45, 7) is 11.7. The molecular formula is C58H36N6. The lowest BCUT2D eigenvalue weighted by atomic mass is 9.91. The van der Waals surface area contributed by atoms with Gasteiger partial charge >= 0.3 is 0 Å². The Morgan fingerprint density at radius 2 is 0.828 bits per heavy atom. The lowest BCUT2D eigenvalue weighted by Crippen LogP contribution is -2.13. The lowest BCUT2D eigenvalue weighted by Gasteiger charge is -2.31. The number of nitrogens with zero attached hydrogens (tertiary/aromatic N) is 6. The van der Waals surface area contributed by atoms with Crippen LogP contribution < -0.4 is 9.80 Å². The largest absolute Gasteiger partial charge is 0.310 e. The minimum atomic E-state index is 0.561. The van der Waals surface area contributed by atoms with Crippen molar-refractivity contribution >= 4 is 72.1 Å². The molecule has 64 heavy (non-hydrogen) atoms. The highest BCUT2D eigenvalue weighted by atomic mass is 15.2. The molecule has 10 aromatic rings. The number of nitriles is 3. The molecule has 10 rings (SSSR count). The van der Waals surface area contributed by atoms with E-state index in [0.29, 0.717) is 22.4 Å². The van der Waals surface area contributed by atoms with Gasteiger partial charge in [0.15, 0.2) is 5.69 Å². The number of benzene rings is 10. The predicted octanol–water partition coefficient (Wildman–Crippen LogP) is 15.6. The van der Waals surface area contributed by atoms with Crippen LogP contribution in [0.3, 0.4) is 0 Å². The number of hydrogen-bond donors (Lipinski definition) is 0. The molecule has 6 nitrogen and oxygen atoms in total. The van der Waals surface area contributed by atoms with Gasteiger partial charge in [-0.3, -0.25) is 0 Å². The van der Waals surface area contributed by atoms with Crippen LogP contribution in [0.1, 0.15) is 27.8 Å². The van der Waals surface area contributed by atoms with E-state index in [4.69, 9.17) is 6.57 Å². The Labute approximate surface area is 371 Å². The Morgan fingerprint density at radius 3 is 1.27 bits per heavy atom. The third-order valence-electron chi connectivity index (χ3n) is 12.1. The van der Waals surface area contributed by atoms with Gasteiger partial charge in [0.25, 0.3) is 0 Å². The van der Waals surface area contributed by atoms with Gasteiger partial charge in [-0.1, -0.05) is 109 Å². The first-order valence-corrected chi connectivity index (χ1v) is 20.9. The van der Waals surface area contributed by atoms with E-state index in [1.165, 1.54) is 0 Å². The molecule has 0 fully saturated rings. The standard InChI is InChI=1S/C58H36N6/c1-37-10-14-46(42-16-12-39(34-59)13-17-42)32-55(37)63(49-8-4-6-40(30-49)35-60)53-28-22-44-21-27-52-54(29-23-45-20-26-51(53)57(44)58(45)52)64(50-9-5-7-41(31-50)36-61)56-33-47(15-11-38(56)2)43-18-24-48(62-3)25-19-43/h4-33H,1-2H3. The summed E-state index contributed by atoms with van der Waals surface area (Å²) in [5.74, 6) is 0. The Morgan fingerprint density at radius 1 is 0.406 bits per heavy atom. The van der Waals surface area contributed by atoms with E-state index in [0.717, 1.165) is 99.8 Å². The summed E-state index contributed by atoms with van der Waals surface area (Å²) in [7, 11) is 0. The molecule has 0 aromatic heterocycles. The molecule has 6 heteroatoms. The highest BCUT2D eigenvalue weighted by molar-refractivity contribution is 6.28. The maximum Gasteiger partial charge on any atom is 0.187 e. The second-order valence-electron chi connectivity index (χ2n) is 15.9. The molecule has 0 heterocycles. The smallest absolute Gasteiger partial charge is 0.187 e. The zero-order valence-electron chi connectivity index (χ0n) is 35.0. The molecule has 0 N–H and O–H groups in total. The number of aryl methyl sites for hydroxylation is 2. The van der Waals surface area contributed by atoms with Crippen LogP contribution in [0.25, 0.3) is 59.4 Å². The van der Waals surface area contributed by atoms with Crippen molar-refractivity contribution in [1.82, 2.24) is 0 Å². The van der Waals surface area contributed by atoms with E-state index in [1.54, 1.807) is 0 Å². The molecule has 0 bridgehead atoms. The minimum Gasteiger partial charge on any atom is -0.310 e. The van der Waals surface area contributed by atoms with Crippen LogP contribution in [-0.2, 0) is 0 Å². The van der Waals surface area contributed by atoms with Crippen molar-refractivity contribution in [3.05, 3.63) is 221 Å². The molecule has 0 radical (unpaired) electrons. The summed E-state index contributed by atoms with van der Waals surface area (Å²) in [6.07, 6.45) is 0. The molecule has 0 aliphatic carbocycles. The van der Waals surface area contributed by atoms with E-state index in [1.807, 2.05) is 91.0 Å². The number of hydrogen-bond acceptors (Lipinski definition) is 5. The first-order valence-electron chi connectivity index (χ1n) is 20.9. The molecule has 0 unspecified atom stereocenters. The minimum absolute atomic E-state index is 0.561. The average Bonchev–Trinajstić information content (AvgIpc) is 3.35. The Kier molecular flexibility index (Phi) is 9.75. The van der Waals surface area contributed by atoms with Gasteiger partial charge in [0.1, 0.15) is 0 Å². The van der Waals surface area contributed by atoms with Gasteiger partial charge in [-0.15, -0.1) is 0 Å². The SMILES string of the molecule is [C-]#[N+]c1ccc(-c2ccc(C)c(N(c3cccc(C#N)c3)c3ccc4ccc5c(N(c6cccc(C#N)c6)c6cc(-c7ccc(C#N)cc7)ccc6C)ccc6ccc3c4c65)c2)cc1. The van der Waals surface area contributed by atoms with Gasteiger partial charge < -0.3 is 9.80 Å². The zero-order chi connectivity index (χ0) is 43.9. The van der Waals surface area contributed by atoms with Crippen molar-refractivity contribution in [3.8, 4) is 40.5 Å². The quantitative estimate of drug-likeness (QED) is 0.113. The van der Waals surface area contributed by atoms with Crippen molar-refractivity contribution in [2.24, 2.45) is 0 Å². The monoisotopic (exact) mass is 816 g/mol. The Bertz CT molecular complexity index is 3390. The van der Waals surface area contributed by atoms with Crippen LogP contribution in [0.4, 0.5) is 39.8 Å². The number of anilines is 6. The molecule has 0 atom stereocenters. The predicted molar refractivity (Wildman–Crippen MR) is 260 cm³/mol. The molecule has 0 saturated carbocycles. The van der Waals surface area contributed by atoms with Gasteiger partial charge in [0.05, 0.1) is 52.8 Å². The van der Waals surface area contributed by atoms with Gasteiger partial charge in [0, 0.05) is 33.5 Å². The van der Waals surface area contributed by atoms with E-state index in [9.17, 15) is 15.8 Å². The average molecular weight is 817 g/mol. The van der Waals surface area contributed by atoms with E-state index < -0.39 is 0 Å². The maximum atomic E-state index is 10.1. The summed E-state index contributed by atoms with van der Waals surface area (Å²) in [5.41, 5.74) is 14.1. The first kappa shape index (κ1) is 39.0. The maximum absolute atomic E-state index is 10.1. The van der Waals surface area contributed by atoms with E-state index in [-0.39, 0.29) is 0 Å². The first-order chi connectivity index (χ1) is 31.3. The summed E-state index contributed by atoms with van der Waals surface area (Å²) in [6, 6.07) is 68.1. The fourth-order valence-corrected chi connectivity index (χ4v) is 8.93. The number of rotatable bonds is 8. The topological polar surface area (TPSA) is 82.2 Å².